The Labute approximate surface area is 182 Å². The first-order chi connectivity index (χ1) is 15.3. The third-order valence-electron chi connectivity index (χ3n) is 5.72. The monoisotopic (exact) mass is 404 g/mol. The van der Waals surface area contributed by atoms with Gasteiger partial charge in [0, 0.05) is 11.1 Å². The average Bonchev–Trinajstić information content (AvgIpc) is 3.32. The summed E-state index contributed by atoms with van der Waals surface area (Å²) in [6, 6.07) is 37.0. The highest BCUT2D eigenvalue weighted by Crippen LogP contribution is 2.39. The van der Waals surface area contributed by atoms with Crippen molar-refractivity contribution in [1.29, 1.82) is 0 Å². The van der Waals surface area contributed by atoms with Crippen LogP contribution in [0.5, 0.6) is 0 Å². The van der Waals surface area contributed by atoms with Crippen LogP contribution < -0.4 is 5.46 Å². The molecule has 150 valence electrons. The molecule has 4 aromatic rings. The highest BCUT2D eigenvalue weighted by molar-refractivity contribution is 6.63. The summed E-state index contributed by atoms with van der Waals surface area (Å²) in [7, 11) is -0.649. The molecule has 4 heteroatoms. The molecule has 0 bridgehead atoms. The van der Waals surface area contributed by atoms with Gasteiger partial charge in [0.25, 0.3) is 0 Å². The number of hydrogen-bond acceptors (Lipinski definition) is 3. The van der Waals surface area contributed by atoms with Crippen LogP contribution in [0.25, 0.3) is 0 Å². The van der Waals surface area contributed by atoms with Crippen molar-refractivity contribution in [2.45, 2.75) is 5.60 Å². The van der Waals surface area contributed by atoms with Crippen LogP contribution in [-0.2, 0) is 14.9 Å². The summed E-state index contributed by atoms with van der Waals surface area (Å²) in [6.07, 6.45) is 0. The molecule has 0 N–H and O–H groups in total. The van der Waals surface area contributed by atoms with Gasteiger partial charge in [0.05, 0.1) is 6.61 Å². The second-order valence-corrected chi connectivity index (χ2v) is 7.60. The Morgan fingerprint density at radius 2 is 1.19 bits per heavy atom. The van der Waals surface area contributed by atoms with Crippen LogP contribution in [0.3, 0.4) is 0 Å². The molecule has 0 unspecified atom stereocenters. The fourth-order valence-corrected chi connectivity index (χ4v) is 4.14. The van der Waals surface area contributed by atoms with Crippen molar-refractivity contribution in [2.24, 2.45) is 0 Å². The molecule has 4 aromatic carbocycles. The zero-order valence-electron chi connectivity index (χ0n) is 17.0. The smallest absolute Gasteiger partial charge is 0.404 e. The third kappa shape index (κ3) is 3.61. The number of benzene rings is 4. The molecule has 0 atom stereocenters. The lowest BCUT2D eigenvalue weighted by atomic mass is 9.74. The number of ketones is 1. The molecular formula is C27H21BO3. The van der Waals surface area contributed by atoms with E-state index < -0.39 is 12.7 Å². The minimum atomic E-state index is -0.740. The minimum Gasteiger partial charge on any atom is -0.404 e. The van der Waals surface area contributed by atoms with Crippen molar-refractivity contribution < 1.29 is 14.1 Å². The van der Waals surface area contributed by atoms with E-state index in [1.807, 2.05) is 91.0 Å². The lowest BCUT2D eigenvalue weighted by Crippen LogP contribution is -2.39. The Bertz CT molecular complexity index is 1140. The maximum atomic E-state index is 13.2. The van der Waals surface area contributed by atoms with Crippen LogP contribution in [0.15, 0.2) is 115 Å². The van der Waals surface area contributed by atoms with Crippen molar-refractivity contribution in [2.75, 3.05) is 6.61 Å². The average molecular weight is 404 g/mol. The van der Waals surface area contributed by atoms with Crippen LogP contribution in [0.4, 0.5) is 0 Å². The molecule has 0 aliphatic carbocycles. The van der Waals surface area contributed by atoms with Crippen molar-refractivity contribution in [3.63, 3.8) is 0 Å². The quantitative estimate of drug-likeness (QED) is 0.360. The highest BCUT2D eigenvalue weighted by atomic mass is 16.7. The summed E-state index contributed by atoms with van der Waals surface area (Å²) in [6.45, 7) is 0.361. The van der Waals surface area contributed by atoms with Crippen molar-refractivity contribution >= 4 is 18.4 Å². The van der Waals surface area contributed by atoms with Gasteiger partial charge in [-0.05, 0) is 16.6 Å². The van der Waals surface area contributed by atoms with Crippen molar-refractivity contribution in [3.8, 4) is 0 Å². The largest absolute Gasteiger partial charge is 0.495 e. The topological polar surface area (TPSA) is 35.5 Å². The summed E-state index contributed by atoms with van der Waals surface area (Å²) >= 11 is 0. The molecule has 31 heavy (non-hydrogen) atoms. The first-order valence-corrected chi connectivity index (χ1v) is 10.4. The molecule has 3 nitrogen and oxygen atoms in total. The summed E-state index contributed by atoms with van der Waals surface area (Å²) < 4.78 is 12.9. The fraction of sp³-hybridized carbons (Fsp3) is 0.0741. The zero-order chi connectivity index (χ0) is 21.1. The molecule has 0 spiro atoms. The van der Waals surface area contributed by atoms with E-state index in [0.29, 0.717) is 17.7 Å². The minimum absolute atomic E-state index is 0.0414. The fourth-order valence-electron chi connectivity index (χ4n) is 4.14. The van der Waals surface area contributed by atoms with E-state index in [2.05, 4.69) is 24.3 Å². The molecule has 1 heterocycles. The van der Waals surface area contributed by atoms with Gasteiger partial charge >= 0.3 is 7.12 Å². The Morgan fingerprint density at radius 1 is 0.677 bits per heavy atom. The van der Waals surface area contributed by atoms with Gasteiger partial charge in [-0.15, -0.1) is 0 Å². The maximum absolute atomic E-state index is 13.2. The molecule has 1 aliphatic heterocycles. The second kappa shape index (κ2) is 8.34. The summed E-state index contributed by atoms with van der Waals surface area (Å²) in [4.78, 5) is 13.2. The van der Waals surface area contributed by atoms with E-state index >= 15 is 0 Å². The van der Waals surface area contributed by atoms with Crippen molar-refractivity contribution in [3.05, 3.63) is 138 Å². The first kappa shape index (κ1) is 19.5. The lowest BCUT2D eigenvalue weighted by molar-refractivity contribution is 0.103. The van der Waals surface area contributed by atoms with Gasteiger partial charge in [-0.3, -0.25) is 4.79 Å². The molecule has 0 saturated carbocycles. The van der Waals surface area contributed by atoms with Gasteiger partial charge in [-0.25, -0.2) is 0 Å². The number of carbonyl (C=O) groups excluding carboxylic acids is 1. The second-order valence-electron chi connectivity index (χ2n) is 7.60. The number of hydrogen-bond donors (Lipinski definition) is 0. The molecule has 5 rings (SSSR count). The van der Waals surface area contributed by atoms with Gasteiger partial charge in [0.2, 0.25) is 0 Å². The van der Waals surface area contributed by atoms with E-state index in [4.69, 9.17) is 9.31 Å². The molecule has 1 saturated heterocycles. The van der Waals surface area contributed by atoms with Gasteiger partial charge in [0.1, 0.15) is 5.60 Å². The van der Waals surface area contributed by atoms with E-state index in [-0.39, 0.29) is 5.78 Å². The van der Waals surface area contributed by atoms with Gasteiger partial charge < -0.3 is 9.31 Å². The van der Waals surface area contributed by atoms with Gasteiger partial charge in [0.15, 0.2) is 5.78 Å². The van der Waals surface area contributed by atoms with Crippen LogP contribution in [0.1, 0.15) is 27.0 Å². The van der Waals surface area contributed by atoms with E-state index in [1.54, 1.807) is 0 Å². The summed E-state index contributed by atoms with van der Waals surface area (Å²) in [5.74, 6) is -0.0414. The molecule has 0 aromatic heterocycles. The first-order valence-electron chi connectivity index (χ1n) is 10.4. The molecule has 0 amide bonds. The molecule has 1 fully saturated rings. The maximum Gasteiger partial charge on any atom is 0.495 e. The van der Waals surface area contributed by atoms with Crippen LogP contribution in [0, 0.1) is 0 Å². The molecular weight excluding hydrogens is 383 g/mol. The van der Waals surface area contributed by atoms with E-state index in [1.165, 1.54) is 0 Å². The third-order valence-corrected chi connectivity index (χ3v) is 5.72. The number of carbonyl (C=O) groups is 1. The normalized spacial score (nSPS) is 15.0. The standard InChI is InChI=1S/C27H21BO3/c29-26(21-12-4-1-5-13-21)24-18-10-11-19-25(24)28-30-20-27(31-28,22-14-6-2-7-15-22)23-16-8-3-9-17-23/h1-19H,20H2. The lowest BCUT2D eigenvalue weighted by Gasteiger charge is -2.29. The van der Waals surface area contributed by atoms with Crippen LogP contribution in [-0.4, -0.2) is 19.5 Å². The predicted molar refractivity (Wildman–Crippen MR) is 122 cm³/mol. The van der Waals surface area contributed by atoms with Gasteiger partial charge in [-0.1, -0.05) is 115 Å². The predicted octanol–water partition coefficient (Wildman–Crippen LogP) is 4.60. The highest BCUT2D eigenvalue weighted by Gasteiger charge is 2.48. The van der Waals surface area contributed by atoms with E-state index in [0.717, 1.165) is 16.6 Å². The Morgan fingerprint density at radius 3 is 1.81 bits per heavy atom. The number of rotatable bonds is 5. The van der Waals surface area contributed by atoms with Gasteiger partial charge in [-0.2, -0.15) is 0 Å². The Hall–Kier alpha value is -3.47. The zero-order valence-corrected chi connectivity index (χ0v) is 17.0. The van der Waals surface area contributed by atoms with E-state index in [9.17, 15) is 4.79 Å². The molecule has 1 aliphatic rings. The summed E-state index contributed by atoms with van der Waals surface area (Å²) in [5.41, 5.74) is 3.29. The SMILES string of the molecule is O=C(c1ccccc1)c1ccccc1B1OCC(c2ccccc2)(c2ccccc2)O1. The Balaban J connectivity index is 1.55. The Kier molecular flexibility index (Phi) is 5.25. The van der Waals surface area contributed by atoms with Crippen LogP contribution >= 0.6 is 0 Å². The molecule has 0 radical (unpaired) electrons. The van der Waals surface area contributed by atoms with Crippen LogP contribution in [0.2, 0.25) is 0 Å². The summed E-state index contributed by atoms with van der Waals surface area (Å²) in [5, 5.41) is 0. The van der Waals surface area contributed by atoms with Crippen molar-refractivity contribution in [1.82, 2.24) is 0 Å².